The third-order valence-corrected chi connectivity index (χ3v) is 5.86. The summed E-state index contributed by atoms with van der Waals surface area (Å²) in [6, 6.07) is 1.62. The van der Waals surface area contributed by atoms with Crippen molar-refractivity contribution in [3.63, 3.8) is 0 Å². The molecule has 1 saturated carbocycles. The number of nitrogens with zero attached hydrogens (tertiary/aromatic N) is 1. The van der Waals surface area contributed by atoms with E-state index in [9.17, 15) is 0 Å². The molecule has 1 aliphatic heterocycles. The van der Waals surface area contributed by atoms with Crippen molar-refractivity contribution < 1.29 is 0 Å². The molecule has 2 heteroatoms. The highest BCUT2D eigenvalue weighted by atomic mass is 15.2. The van der Waals surface area contributed by atoms with Crippen LogP contribution in [0, 0.1) is 11.8 Å². The predicted octanol–water partition coefficient (Wildman–Crippen LogP) is 4.06. The first-order valence-electron chi connectivity index (χ1n) is 9.23. The second-order valence-corrected chi connectivity index (χ2v) is 7.14. The topological polar surface area (TPSA) is 15.3 Å². The molecule has 118 valence electrons. The minimum absolute atomic E-state index is 0.713. The molecule has 0 radical (unpaired) electrons. The van der Waals surface area contributed by atoms with Crippen LogP contribution in [0.2, 0.25) is 0 Å². The van der Waals surface area contributed by atoms with Crippen LogP contribution in [-0.4, -0.2) is 36.6 Å². The monoisotopic (exact) mass is 280 g/mol. The van der Waals surface area contributed by atoms with Crippen molar-refractivity contribution in [2.45, 2.75) is 84.2 Å². The van der Waals surface area contributed by atoms with Crippen LogP contribution in [0.5, 0.6) is 0 Å². The van der Waals surface area contributed by atoms with E-state index < -0.39 is 0 Å². The van der Waals surface area contributed by atoms with E-state index >= 15 is 0 Å². The van der Waals surface area contributed by atoms with E-state index in [-0.39, 0.29) is 0 Å². The van der Waals surface area contributed by atoms with Gasteiger partial charge in [0.15, 0.2) is 0 Å². The summed E-state index contributed by atoms with van der Waals surface area (Å²) in [5.74, 6) is 1.89. The molecule has 1 aliphatic carbocycles. The van der Waals surface area contributed by atoms with Crippen molar-refractivity contribution in [3.8, 4) is 0 Å². The lowest BCUT2D eigenvalue weighted by Gasteiger charge is -2.44. The number of hydrogen-bond donors (Lipinski definition) is 1. The molecule has 1 saturated heterocycles. The molecule has 2 fully saturated rings. The Morgan fingerprint density at radius 3 is 2.40 bits per heavy atom. The maximum atomic E-state index is 3.70. The summed E-state index contributed by atoms with van der Waals surface area (Å²) in [4.78, 5) is 2.84. The van der Waals surface area contributed by atoms with Gasteiger partial charge in [0.2, 0.25) is 0 Å². The molecule has 1 N–H and O–H groups in total. The SMILES string of the molecule is CCCNC(C)C1CCN(C2CCCCC2CC)CC1. The van der Waals surface area contributed by atoms with E-state index in [2.05, 4.69) is 31.0 Å². The molecule has 3 unspecified atom stereocenters. The van der Waals surface area contributed by atoms with Gasteiger partial charge in [0, 0.05) is 12.1 Å². The number of hydrogen-bond acceptors (Lipinski definition) is 2. The van der Waals surface area contributed by atoms with Crippen LogP contribution < -0.4 is 5.32 Å². The minimum Gasteiger partial charge on any atom is -0.314 e. The number of nitrogens with one attached hydrogen (secondary N) is 1. The van der Waals surface area contributed by atoms with Gasteiger partial charge < -0.3 is 10.2 Å². The van der Waals surface area contributed by atoms with E-state index in [1.807, 2.05) is 0 Å². The van der Waals surface area contributed by atoms with Gasteiger partial charge in [0.1, 0.15) is 0 Å². The highest BCUT2D eigenvalue weighted by Gasteiger charge is 2.32. The summed E-state index contributed by atoms with van der Waals surface area (Å²) in [6.07, 6.45) is 11.3. The number of likely N-dealkylation sites (tertiary alicyclic amines) is 1. The lowest BCUT2D eigenvalue weighted by molar-refractivity contribution is 0.0604. The summed E-state index contributed by atoms with van der Waals surface area (Å²) in [5, 5.41) is 3.70. The van der Waals surface area contributed by atoms with Crippen LogP contribution in [-0.2, 0) is 0 Å². The van der Waals surface area contributed by atoms with Crippen LogP contribution >= 0.6 is 0 Å². The lowest BCUT2D eigenvalue weighted by Crippen LogP contribution is -2.49. The second-order valence-electron chi connectivity index (χ2n) is 7.14. The maximum Gasteiger partial charge on any atom is 0.0123 e. The average molecular weight is 280 g/mol. The van der Waals surface area contributed by atoms with Crippen molar-refractivity contribution in [2.24, 2.45) is 11.8 Å². The molecule has 0 bridgehead atoms. The van der Waals surface area contributed by atoms with Crippen LogP contribution in [0.3, 0.4) is 0 Å². The molecule has 1 heterocycles. The standard InChI is InChI=1S/C18H36N2/c1-4-12-19-15(3)17-10-13-20(14-11-17)18-9-7-6-8-16(18)5-2/h15-19H,4-14H2,1-3H3. The Hall–Kier alpha value is -0.0800. The van der Waals surface area contributed by atoms with Gasteiger partial charge in [-0.1, -0.05) is 33.1 Å². The molecule has 2 aliphatic rings. The Kier molecular flexibility index (Phi) is 6.83. The predicted molar refractivity (Wildman–Crippen MR) is 88.1 cm³/mol. The van der Waals surface area contributed by atoms with E-state index in [0.29, 0.717) is 6.04 Å². The van der Waals surface area contributed by atoms with E-state index in [0.717, 1.165) is 17.9 Å². The molecule has 20 heavy (non-hydrogen) atoms. The molecule has 3 atom stereocenters. The third kappa shape index (κ3) is 4.21. The zero-order valence-electron chi connectivity index (χ0n) is 14.0. The Morgan fingerprint density at radius 2 is 1.75 bits per heavy atom. The van der Waals surface area contributed by atoms with Gasteiger partial charge in [0.25, 0.3) is 0 Å². The minimum atomic E-state index is 0.713. The smallest absolute Gasteiger partial charge is 0.0123 e. The van der Waals surface area contributed by atoms with E-state index in [1.54, 1.807) is 0 Å². The van der Waals surface area contributed by atoms with Crippen molar-refractivity contribution in [1.82, 2.24) is 10.2 Å². The molecular formula is C18H36N2. The van der Waals surface area contributed by atoms with Gasteiger partial charge in [-0.05, 0) is 70.5 Å². The molecule has 2 rings (SSSR count). The molecule has 0 aromatic carbocycles. The van der Waals surface area contributed by atoms with Gasteiger partial charge in [-0.15, -0.1) is 0 Å². The first-order valence-corrected chi connectivity index (χ1v) is 9.23. The highest BCUT2D eigenvalue weighted by Crippen LogP contribution is 2.33. The van der Waals surface area contributed by atoms with Crippen molar-refractivity contribution in [3.05, 3.63) is 0 Å². The summed E-state index contributed by atoms with van der Waals surface area (Å²) in [5.41, 5.74) is 0. The molecule has 2 nitrogen and oxygen atoms in total. The molecule has 0 aromatic rings. The number of piperidine rings is 1. The summed E-state index contributed by atoms with van der Waals surface area (Å²) in [6.45, 7) is 10.9. The zero-order chi connectivity index (χ0) is 14.4. The van der Waals surface area contributed by atoms with Gasteiger partial charge >= 0.3 is 0 Å². The zero-order valence-corrected chi connectivity index (χ0v) is 14.0. The van der Waals surface area contributed by atoms with Gasteiger partial charge in [-0.25, -0.2) is 0 Å². The van der Waals surface area contributed by atoms with Gasteiger partial charge in [0.05, 0.1) is 0 Å². The fourth-order valence-corrected chi connectivity index (χ4v) is 4.43. The van der Waals surface area contributed by atoms with Crippen molar-refractivity contribution in [2.75, 3.05) is 19.6 Å². The summed E-state index contributed by atoms with van der Waals surface area (Å²) < 4.78 is 0. The highest BCUT2D eigenvalue weighted by molar-refractivity contribution is 4.87. The van der Waals surface area contributed by atoms with Crippen LogP contribution in [0.25, 0.3) is 0 Å². The first-order chi connectivity index (χ1) is 9.76. The maximum absolute atomic E-state index is 3.70. The lowest BCUT2D eigenvalue weighted by atomic mass is 9.80. The largest absolute Gasteiger partial charge is 0.314 e. The average Bonchev–Trinajstić information content (AvgIpc) is 2.52. The second kappa shape index (κ2) is 8.38. The third-order valence-electron chi connectivity index (χ3n) is 5.86. The van der Waals surface area contributed by atoms with Gasteiger partial charge in [-0.2, -0.15) is 0 Å². The van der Waals surface area contributed by atoms with E-state index in [1.165, 1.54) is 71.0 Å². The quantitative estimate of drug-likeness (QED) is 0.789. The molecule has 0 aromatic heterocycles. The van der Waals surface area contributed by atoms with Gasteiger partial charge in [-0.3, -0.25) is 0 Å². The molecular weight excluding hydrogens is 244 g/mol. The normalized spacial score (nSPS) is 31.4. The number of rotatable bonds is 6. The van der Waals surface area contributed by atoms with Crippen LogP contribution in [0.1, 0.15) is 72.1 Å². The Balaban J connectivity index is 1.78. The molecule has 0 amide bonds. The Labute approximate surface area is 126 Å². The van der Waals surface area contributed by atoms with Crippen molar-refractivity contribution in [1.29, 1.82) is 0 Å². The fourth-order valence-electron chi connectivity index (χ4n) is 4.43. The first kappa shape index (κ1) is 16.3. The molecule has 0 spiro atoms. The van der Waals surface area contributed by atoms with Crippen LogP contribution in [0.4, 0.5) is 0 Å². The Bertz CT molecular complexity index is 258. The van der Waals surface area contributed by atoms with E-state index in [4.69, 9.17) is 0 Å². The van der Waals surface area contributed by atoms with Crippen molar-refractivity contribution >= 4 is 0 Å². The Morgan fingerprint density at radius 1 is 1.05 bits per heavy atom. The summed E-state index contributed by atoms with van der Waals surface area (Å²) in [7, 11) is 0. The van der Waals surface area contributed by atoms with Crippen LogP contribution in [0.15, 0.2) is 0 Å². The fraction of sp³-hybridized carbons (Fsp3) is 1.00. The summed E-state index contributed by atoms with van der Waals surface area (Å²) >= 11 is 0.